The topological polar surface area (TPSA) is 50.8 Å². The Bertz CT molecular complexity index is 774. The van der Waals surface area contributed by atoms with Crippen molar-refractivity contribution in [1.82, 2.24) is 10.2 Å². The number of halogens is 1. The molecule has 1 amide bonds. The van der Waals surface area contributed by atoms with E-state index in [1.54, 1.807) is 12.1 Å². The fourth-order valence-electron chi connectivity index (χ4n) is 5.71. The lowest BCUT2D eigenvalue weighted by atomic mass is 9.74. The number of alkyl carbamates (subject to hydrolysis) is 1. The molecular weight excluding hydrogens is 383 g/mol. The van der Waals surface area contributed by atoms with Crippen LogP contribution in [-0.2, 0) is 10.2 Å². The molecule has 0 bridgehead atoms. The van der Waals surface area contributed by atoms with Gasteiger partial charge in [-0.15, -0.1) is 0 Å². The summed E-state index contributed by atoms with van der Waals surface area (Å²) in [6.45, 7) is 2.67. The summed E-state index contributed by atoms with van der Waals surface area (Å²) in [7, 11) is 0. The van der Waals surface area contributed by atoms with Gasteiger partial charge in [0.25, 0.3) is 0 Å². The second-order valence-electron chi connectivity index (χ2n) is 9.72. The van der Waals surface area contributed by atoms with Gasteiger partial charge >= 0.3 is 6.09 Å². The lowest BCUT2D eigenvalue weighted by molar-refractivity contribution is 0.0481. The zero-order valence-electron chi connectivity index (χ0n) is 17.7. The maximum absolute atomic E-state index is 13.9. The molecule has 1 aromatic carbocycles. The number of nitrogens with zero attached hydrogens (tertiary/aromatic N) is 1. The van der Waals surface area contributed by atoms with Crippen LogP contribution in [0.3, 0.4) is 0 Å². The van der Waals surface area contributed by atoms with Gasteiger partial charge in [0.15, 0.2) is 0 Å². The van der Waals surface area contributed by atoms with Gasteiger partial charge in [-0.3, -0.25) is 0 Å². The highest BCUT2D eigenvalue weighted by Gasteiger charge is 2.44. The van der Waals surface area contributed by atoms with E-state index in [0.717, 1.165) is 69.3 Å². The molecule has 1 spiro atoms. The van der Waals surface area contributed by atoms with Crippen LogP contribution in [0.25, 0.3) is 0 Å². The number of likely N-dealkylation sites (tertiary alicyclic amines) is 1. The first-order valence-corrected chi connectivity index (χ1v) is 11.8. The molecule has 1 N–H and O–H groups in total. The van der Waals surface area contributed by atoms with Crippen molar-refractivity contribution in [3.05, 3.63) is 29.6 Å². The largest absolute Gasteiger partial charge is 0.492 e. The van der Waals surface area contributed by atoms with Crippen molar-refractivity contribution < 1.29 is 18.7 Å². The van der Waals surface area contributed by atoms with Gasteiger partial charge in [0, 0.05) is 23.1 Å². The van der Waals surface area contributed by atoms with Gasteiger partial charge in [-0.05, 0) is 82.7 Å². The van der Waals surface area contributed by atoms with E-state index >= 15 is 0 Å². The van der Waals surface area contributed by atoms with Crippen molar-refractivity contribution in [3.8, 4) is 5.75 Å². The number of ether oxygens (including phenoxy) is 2. The zero-order chi connectivity index (χ0) is 20.6. The van der Waals surface area contributed by atoms with Gasteiger partial charge in [0.2, 0.25) is 0 Å². The van der Waals surface area contributed by atoms with E-state index in [0.29, 0.717) is 12.6 Å². The van der Waals surface area contributed by atoms with Gasteiger partial charge in [0.1, 0.15) is 17.7 Å². The van der Waals surface area contributed by atoms with E-state index in [-0.39, 0.29) is 29.5 Å². The quantitative estimate of drug-likeness (QED) is 0.736. The van der Waals surface area contributed by atoms with Crippen LogP contribution in [0.4, 0.5) is 9.18 Å². The molecule has 164 valence electrons. The third-order valence-electron chi connectivity index (χ3n) is 7.83. The predicted molar refractivity (Wildman–Crippen MR) is 112 cm³/mol. The van der Waals surface area contributed by atoms with Crippen molar-refractivity contribution >= 4 is 6.09 Å². The Balaban J connectivity index is 1.18. The number of fused-ring (bicyclic) bond motifs is 2. The van der Waals surface area contributed by atoms with Crippen LogP contribution < -0.4 is 10.1 Å². The van der Waals surface area contributed by atoms with E-state index in [4.69, 9.17) is 9.47 Å². The second-order valence-corrected chi connectivity index (χ2v) is 9.72. The number of rotatable bonds is 3. The Hall–Kier alpha value is -1.82. The molecule has 2 heterocycles. The molecule has 0 radical (unpaired) electrons. The third kappa shape index (κ3) is 4.03. The zero-order valence-corrected chi connectivity index (χ0v) is 17.7. The molecule has 5 nitrogen and oxygen atoms in total. The van der Waals surface area contributed by atoms with Crippen molar-refractivity contribution in [2.45, 2.75) is 87.8 Å². The molecule has 2 saturated carbocycles. The van der Waals surface area contributed by atoms with Crippen LogP contribution in [0.5, 0.6) is 5.75 Å². The highest BCUT2D eigenvalue weighted by atomic mass is 19.1. The first-order chi connectivity index (χ1) is 14.6. The molecule has 0 aromatic heterocycles. The number of amides is 1. The molecule has 1 saturated heterocycles. The summed E-state index contributed by atoms with van der Waals surface area (Å²) in [5, 5.41) is 3.15. The van der Waals surface area contributed by atoms with Crippen LogP contribution >= 0.6 is 0 Å². The summed E-state index contributed by atoms with van der Waals surface area (Å²) >= 11 is 0. The first kappa shape index (κ1) is 20.1. The second kappa shape index (κ2) is 8.37. The fraction of sp³-hybridized carbons (Fsp3) is 0.708. The molecule has 5 rings (SSSR count). The van der Waals surface area contributed by atoms with Crippen LogP contribution in [0.1, 0.15) is 69.8 Å². The van der Waals surface area contributed by atoms with Gasteiger partial charge < -0.3 is 19.7 Å². The van der Waals surface area contributed by atoms with E-state index in [1.165, 1.54) is 25.3 Å². The normalized spacial score (nSPS) is 28.8. The smallest absolute Gasteiger partial charge is 0.407 e. The maximum atomic E-state index is 13.9. The number of hydrogen-bond donors (Lipinski definition) is 1. The Labute approximate surface area is 178 Å². The van der Waals surface area contributed by atoms with Crippen LogP contribution in [-0.4, -0.2) is 48.9 Å². The first-order valence-electron chi connectivity index (χ1n) is 11.8. The highest BCUT2D eigenvalue weighted by Crippen LogP contribution is 2.46. The SMILES string of the molecule is O=C(NC1CCCCC(N2CCC3(CC2)COc2ccc(F)cc23)C1)OC1CCC1. The Kier molecular flexibility index (Phi) is 5.61. The summed E-state index contributed by atoms with van der Waals surface area (Å²) in [5.74, 6) is 0.682. The van der Waals surface area contributed by atoms with Gasteiger partial charge in [-0.25, -0.2) is 9.18 Å². The van der Waals surface area contributed by atoms with Gasteiger partial charge in [-0.2, -0.15) is 0 Å². The summed E-state index contributed by atoms with van der Waals surface area (Å²) in [5.41, 5.74) is 1.02. The molecule has 30 heavy (non-hydrogen) atoms. The number of nitrogens with one attached hydrogen (secondary N) is 1. The summed E-state index contributed by atoms with van der Waals surface area (Å²) < 4.78 is 25.3. The Morgan fingerprint density at radius 2 is 1.93 bits per heavy atom. The lowest BCUT2D eigenvalue weighted by Crippen LogP contribution is -2.49. The minimum Gasteiger partial charge on any atom is -0.492 e. The van der Waals surface area contributed by atoms with Crippen molar-refractivity contribution in [2.75, 3.05) is 19.7 Å². The van der Waals surface area contributed by atoms with E-state index in [2.05, 4.69) is 10.2 Å². The molecule has 6 heteroatoms. The fourth-order valence-corrected chi connectivity index (χ4v) is 5.71. The van der Waals surface area contributed by atoms with Crippen molar-refractivity contribution in [3.63, 3.8) is 0 Å². The molecule has 2 unspecified atom stereocenters. The van der Waals surface area contributed by atoms with Crippen molar-refractivity contribution in [1.29, 1.82) is 0 Å². The minimum atomic E-state index is -0.232. The van der Waals surface area contributed by atoms with Gasteiger partial charge in [-0.1, -0.05) is 12.8 Å². The number of carbonyl (C=O) groups excluding carboxylic acids is 1. The molecule has 1 aromatic rings. The van der Waals surface area contributed by atoms with Crippen LogP contribution in [0.15, 0.2) is 18.2 Å². The minimum absolute atomic E-state index is 0.0388. The third-order valence-corrected chi connectivity index (χ3v) is 7.83. The van der Waals surface area contributed by atoms with Crippen molar-refractivity contribution in [2.24, 2.45) is 0 Å². The average Bonchev–Trinajstić information content (AvgIpc) is 2.89. The number of hydrogen-bond acceptors (Lipinski definition) is 4. The summed E-state index contributed by atoms with van der Waals surface area (Å²) in [4.78, 5) is 14.8. The molecular formula is C24H33FN2O3. The predicted octanol–water partition coefficient (Wildman–Crippen LogP) is 4.53. The summed E-state index contributed by atoms with van der Waals surface area (Å²) in [6.07, 6.45) is 10.7. The Morgan fingerprint density at radius 1 is 1.13 bits per heavy atom. The standard InChI is InChI=1S/C24H33FN2O3/c25-17-8-9-22-21(14-17)24(16-29-22)10-12-27(13-11-24)19-5-2-1-4-18(15-19)26-23(28)30-20-6-3-7-20/h8-9,14,18-20H,1-7,10-13,15-16H2,(H,26,28). The van der Waals surface area contributed by atoms with E-state index in [9.17, 15) is 9.18 Å². The molecule has 4 aliphatic rings. The maximum Gasteiger partial charge on any atom is 0.407 e. The molecule has 3 fully saturated rings. The monoisotopic (exact) mass is 416 g/mol. The van der Waals surface area contributed by atoms with Crippen LogP contribution in [0, 0.1) is 5.82 Å². The lowest BCUT2D eigenvalue weighted by Gasteiger charge is -2.42. The summed E-state index contributed by atoms with van der Waals surface area (Å²) in [6, 6.07) is 5.63. The van der Waals surface area contributed by atoms with Gasteiger partial charge in [0.05, 0.1) is 6.61 Å². The van der Waals surface area contributed by atoms with E-state index < -0.39 is 0 Å². The van der Waals surface area contributed by atoms with E-state index in [1.807, 2.05) is 0 Å². The number of benzene rings is 1. The molecule has 2 aliphatic heterocycles. The highest BCUT2D eigenvalue weighted by molar-refractivity contribution is 5.67. The Morgan fingerprint density at radius 3 is 2.70 bits per heavy atom. The number of piperidine rings is 1. The average molecular weight is 417 g/mol. The van der Waals surface area contributed by atoms with Crippen LogP contribution in [0.2, 0.25) is 0 Å². The number of carbonyl (C=O) groups is 1. The molecule has 2 atom stereocenters. The molecule has 2 aliphatic carbocycles.